The number of hydrogen-bond acceptors (Lipinski definition) is 4. The number of furan rings is 1. The lowest BCUT2D eigenvalue weighted by atomic mass is 9.94. The van der Waals surface area contributed by atoms with Gasteiger partial charge in [-0.15, -0.1) is 0 Å². The monoisotopic (exact) mass is 745 g/mol. The van der Waals surface area contributed by atoms with Crippen LogP contribution in [0, 0.1) is 0 Å². The Labute approximate surface area is 340 Å². The van der Waals surface area contributed by atoms with Gasteiger partial charge in [0.2, 0.25) is 0 Å². The molecular formula is C53H32N4O. The molecule has 0 spiro atoms. The summed E-state index contributed by atoms with van der Waals surface area (Å²) in [5, 5.41) is 8.65. The molecule has 0 unspecified atom stereocenters. The number of fused-ring (bicyclic) bond motifs is 9. The molecule has 9 aromatic carbocycles. The van der Waals surface area contributed by atoms with Gasteiger partial charge >= 0.3 is 0 Å². The van der Waals surface area contributed by atoms with Crippen LogP contribution in [-0.2, 0) is 0 Å². The number of hydrogen-bond donors (Lipinski definition) is 0. The molecular weight excluding hydrogens is 709 g/mol. The van der Waals surface area contributed by atoms with Crippen molar-refractivity contribution in [1.29, 1.82) is 0 Å². The second-order valence-corrected chi connectivity index (χ2v) is 14.4. The highest BCUT2D eigenvalue weighted by Gasteiger charge is 2.23. The van der Waals surface area contributed by atoms with Gasteiger partial charge in [-0.2, -0.15) is 0 Å². The Morgan fingerprint density at radius 2 is 1.09 bits per heavy atom. The number of nitrogens with zero attached hydrogens (tertiary/aromatic N) is 4. The van der Waals surface area contributed by atoms with Crippen molar-refractivity contribution in [3.63, 3.8) is 0 Å². The van der Waals surface area contributed by atoms with Crippen molar-refractivity contribution in [2.24, 2.45) is 0 Å². The molecule has 270 valence electrons. The average molecular weight is 746 g/mol. The summed E-state index contributed by atoms with van der Waals surface area (Å²) in [6, 6.07) is 53.4. The lowest BCUT2D eigenvalue weighted by Crippen LogP contribution is -2.01. The van der Waals surface area contributed by atoms with Crippen molar-refractivity contribution < 1.29 is 11.3 Å². The summed E-state index contributed by atoms with van der Waals surface area (Å²) in [5.74, 6) is 0.446. The fraction of sp³-hybridized carbons (Fsp3) is 0. The van der Waals surface area contributed by atoms with Crippen LogP contribution in [-0.4, -0.2) is 19.5 Å². The van der Waals surface area contributed by atoms with Gasteiger partial charge in [0, 0.05) is 38.4 Å². The van der Waals surface area contributed by atoms with E-state index in [4.69, 9.17) is 26.2 Å². The van der Waals surface area contributed by atoms with Crippen molar-refractivity contribution >= 4 is 65.3 Å². The highest BCUT2D eigenvalue weighted by Crippen LogP contribution is 2.44. The molecule has 0 atom stereocenters. The van der Waals surface area contributed by atoms with E-state index in [0.29, 0.717) is 22.3 Å². The molecule has 0 aliphatic rings. The second-order valence-electron chi connectivity index (χ2n) is 14.4. The van der Waals surface area contributed by atoms with Crippen molar-refractivity contribution in [3.8, 4) is 51.0 Å². The zero-order valence-corrected chi connectivity index (χ0v) is 30.8. The van der Waals surface area contributed by atoms with Gasteiger partial charge in [-0.25, -0.2) is 15.0 Å². The quantitative estimate of drug-likeness (QED) is 0.165. The van der Waals surface area contributed by atoms with Crippen LogP contribution in [0.1, 0.15) is 6.85 Å². The van der Waals surface area contributed by atoms with Crippen LogP contribution in [0.3, 0.4) is 0 Å². The van der Waals surface area contributed by atoms with E-state index in [1.807, 2.05) is 72.8 Å². The van der Waals surface area contributed by atoms with Crippen LogP contribution >= 0.6 is 0 Å². The fourth-order valence-electron chi connectivity index (χ4n) is 8.52. The lowest BCUT2D eigenvalue weighted by molar-refractivity contribution is 0.669. The van der Waals surface area contributed by atoms with E-state index in [0.717, 1.165) is 54.8 Å². The molecule has 3 aromatic heterocycles. The summed E-state index contributed by atoms with van der Waals surface area (Å²) in [6.07, 6.45) is 0. The standard InChI is InChI=1S/C53H32N4O/c1-3-15-34(16-4-1)51-54-52(35-17-5-2-6-18-35)56-53(55-51)45-32-38(57-46-23-11-9-20-42(46)43-21-10-12-24-47(43)57)31-44-49-41(22-13-25-48(49)58-50(44)45)37-28-29-40-36(30-37)27-26-33-14-7-8-19-39(33)40/h1-32H/i1D,3D,4D,15D,16D. The normalized spacial score (nSPS) is 13.0. The summed E-state index contributed by atoms with van der Waals surface area (Å²) in [4.78, 5) is 14.8. The van der Waals surface area contributed by atoms with Crippen LogP contribution in [0.25, 0.3) is 116 Å². The Balaban J connectivity index is 1.19. The molecule has 0 bridgehead atoms. The second kappa shape index (κ2) is 12.8. The van der Waals surface area contributed by atoms with Crippen LogP contribution in [0.5, 0.6) is 0 Å². The molecule has 0 saturated heterocycles. The van der Waals surface area contributed by atoms with Crippen LogP contribution in [0.2, 0.25) is 0 Å². The topological polar surface area (TPSA) is 56.7 Å². The highest BCUT2D eigenvalue weighted by molar-refractivity contribution is 6.17. The number of para-hydroxylation sites is 2. The van der Waals surface area contributed by atoms with Crippen molar-refractivity contribution in [3.05, 3.63) is 194 Å². The van der Waals surface area contributed by atoms with E-state index in [1.54, 1.807) is 0 Å². The molecule has 0 aliphatic carbocycles. The van der Waals surface area contributed by atoms with Crippen LogP contribution < -0.4 is 0 Å². The largest absolute Gasteiger partial charge is 0.455 e. The van der Waals surface area contributed by atoms with Gasteiger partial charge in [-0.1, -0.05) is 158 Å². The predicted molar refractivity (Wildman–Crippen MR) is 238 cm³/mol. The Bertz CT molecular complexity index is 3800. The Morgan fingerprint density at radius 1 is 0.431 bits per heavy atom. The lowest BCUT2D eigenvalue weighted by Gasteiger charge is -2.13. The molecule has 0 amide bonds. The minimum atomic E-state index is -0.496. The maximum atomic E-state index is 8.91. The predicted octanol–water partition coefficient (Wildman–Crippen LogP) is 13.8. The van der Waals surface area contributed by atoms with Crippen molar-refractivity contribution in [2.45, 2.75) is 0 Å². The van der Waals surface area contributed by atoms with E-state index < -0.39 is 30.2 Å². The first-order valence-electron chi connectivity index (χ1n) is 21.6. The fourth-order valence-corrected chi connectivity index (χ4v) is 8.52. The highest BCUT2D eigenvalue weighted by atomic mass is 16.3. The minimum Gasteiger partial charge on any atom is -0.455 e. The first-order valence-corrected chi connectivity index (χ1v) is 19.1. The summed E-state index contributed by atoms with van der Waals surface area (Å²) in [5.41, 5.74) is 7.19. The van der Waals surface area contributed by atoms with Gasteiger partial charge in [0.1, 0.15) is 11.2 Å². The number of rotatable bonds is 5. The van der Waals surface area contributed by atoms with Crippen molar-refractivity contribution in [2.75, 3.05) is 0 Å². The number of benzene rings is 9. The number of aromatic nitrogens is 4. The Kier molecular flexibility index (Phi) is 6.12. The zero-order chi connectivity index (χ0) is 42.5. The molecule has 0 radical (unpaired) electrons. The first-order chi connectivity index (χ1) is 30.8. The molecule has 5 nitrogen and oxygen atoms in total. The first kappa shape index (κ1) is 27.7. The summed E-state index contributed by atoms with van der Waals surface area (Å²) < 4.78 is 52.3. The van der Waals surface area contributed by atoms with E-state index in [-0.39, 0.29) is 23.0 Å². The zero-order valence-electron chi connectivity index (χ0n) is 35.8. The Morgan fingerprint density at radius 3 is 1.88 bits per heavy atom. The summed E-state index contributed by atoms with van der Waals surface area (Å²) in [6.45, 7) is 0. The van der Waals surface area contributed by atoms with Crippen LogP contribution in [0.4, 0.5) is 0 Å². The molecule has 12 aromatic rings. The van der Waals surface area contributed by atoms with E-state index in [9.17, 15) is 0 Å². The summed E-state index contributed by atoms with van der Waals surface area (Å²) >= 11 is 0. The maximum absolute atomic E-state index is 8.91. The average Bonchev–Trinajstić information content (AvgIpc) is 3.88. The van der Waals surface area contributed by atoms with Gasteiger partial charge in [-0.05, 0) is 69.1 Å². The molecule has 0 N–H and O–H groups in total. The Hall–Kier alpha value is -7.89. The minimum absolute atomic E-state index is 0.0493. The van der Waals surface area contributed by atoms with Gasteiger partial charge < -0.3 is 8.98 Å². The molecule has 0 saturated carbocycles. The van der Waals surface area contributed by atoms with Gasteiger partial charge in [0.25, 0.3) is 0 Å². The maximum Gasteiger partial charge on any atom is 0.167 e. The third-order valence-corrected chi connectivity index (χ3v) is 11.1. The smallest absolute Gasteiger partial charge is 0.167 e. The van der Waals surface area contributed by atoms with Crippen molar-refractivity contribution in [1.82, 2.24) is 19.5 Å². The van der Waals surface area contributed by atoms with Gasteiger partial charge in [0.05, 0.1) is 23.5 Å². The molecule has 3 heterocycles. The van der Waals surface area contributed by atoms with E-state index in [1.165, 1.54) is 16.2 Å². The molecule has 12 rings (SSSR count). The van der Waals surface area contributed by atoms with Gasteiger partial charge in [-0.3, -0.25) is 0 Å². The molecule has 58 heavy (non-hydrogen) atoms. The third-order valence-electron chi connectivity index (χ3n) is 11.1. The van der Waals surface area contributed by atoms with E-state index in [2.05, 4.69) is 95.6 Å². The van der Waals surface area contributed by atoms with Gasteiger partial charge in [0.15, 0.2) is 17.5 Å². The van der Waals surface area contributed by atoms with E-state index >= 15 is 0 Å². The summed E-state index contributed by atoms with van der Waals surface area (Å²) in [7, 11) is 0. The molecule has 0 aliphatic heterocycles. The molecule has 0 fully saturated rings. The van der Waals surface area contributed by atoms with Crippen LogP contribution in [0.15, 0.2) is 198 Å². The molecule has 5 heteroatoms. The third kappa shape index (κ3) is 5.07. The SMILES string of the molecule is [2H]c1c([2H])c([2H])c(-c2nc(-c3ccccc3)nc(-c3cc(-n4c5ccccc5c5ccccc54)cc4c3oc3cccc(-c5ccc6c(ccc7ccccc76)c5)c34)n2)c([2H])c1[2H].